The minimum absolute atomic E-state index is 0.0411. The summed E-state index contributed by atoms with van der Waals surface area (Å²) in [5.41, 5.74) is 0. The van der Waals surface area contributed by atoms with Crippen LogP contribution in [-0.2, 0) is 41.8 Å². The van der Waals surface area contributed by atoms with Crippen molar-refractivity contribution in [2.45, 2.75) is 166 Å². The number of ether oxygens (including phenoxy) is 2. The second-order valence-corrected chi connectivity index (χ2v) is 19.0. The molecule has 0 radical (unpaired) electrons. The van der Waals surface area contributed by atoms with Gasteiger partial charge in [-0.25, -0.2) is 9.13 Å². The maximum absolute atomic E-state index is 12.7. The van der Waals surface area contributed by atoms with Crippen molar-refractivity contribution >= 4 is 27.6 Å². The van der Waals surface area contributed by atoms with Gasteiger partial charge in [-0.3, -0.25) is 23.2 Å². The van der Waals surface area contributed by atoms with E-state index in [-0.39, 0.29) is 31.1 Å². The van der Waals surface area contributed by atoms with Crippen molar-refractivity contribution in [2.75, 3.05) is 26.4 Å². The number of carbonyl (C=O) groups is 2. The molecule has 1 aliphatic carbocycles. The lowest BCUT2D eigenvalue weighted by atomic mass is 9.88. The molecule has 1 rings (SSSR count). The van der Waals surface area contributed by atoms with Gasteiger partial charge in [-0.15, -0.1) is 0 Å². The Balaban J connectivity index is 2.57. The van der Waals surface area contributed by atoms with Gasteiger partial charge in [0.2, 0.25) is 0 Å². The zero-order valence-corrected chi connectivity index (χ0v) is 40.9. The predicted molar refractivity (Wildman–Crippen MR) is 255 cm³/mol. The number of aliphatic hydroxyl groups is 4. The van der Waals surface area contributed by atoms with Gasteiger partial charge in [0.1, 0.15) is 12.7 Å². The van der Waals surface area contributed by atoms with E-state index in [2.05, 4.69) is 71.5 Å². The summed E-state index contributed by atoms with van der Waals surface area (Å²) in [5.74, 6) is -1.66. The lowest BCUT2D eigenvalue weighted by Gasteiger charge is -2.21. The van der Waals surface area contributed by atoms with Crippen LogP contribution in [0, 0.1) is 11.8 Å². The number of rotatable bonds is 39. The van der Waals surface area contributed by atoms with Gasteiger partial charge >= 0.3 is 27.6 Å². The highest BCUT2D eigenvalue weighted by molar-refractivity contribution is 7.47. The van der Waals surface area contributed by atoms with Gasteiger partial charge in [-0.2, -0.15) is 0 Å². The van der Waals surface area contributed by atoms with Crippen LogP contribution >= 0.6 is 15.6 Å². The number of hydrogen-bond donors (Lipinski definition) is 7. The Kier molecular flexibility index (Phi) is 35.3. The first-order valence-corrected chi connectivity index (χ1v) is 26.6. The lowest BCUT2D eigenvalue weighted by molar-refractivity contribution is -0.161. The second kappa shape index (κ2) is 38.1. The summed E-state index contributed by atoms with van der Waals surface area (Å²) in [7, 11) is -9.79. The number of phosphoric ester groups is 2. The molecule has 0 aliphatic heterocycles. The molecule has 1 unspecified atom stereocenters. The van der Waals surface area contributed by atoms with E-state index in [0.29, 0.717) is 38.5 Å². The van der Waals surface area contributed by atoms with Crippen LogP contribution in [-0.4, -0.2) is 104 Å². The zero-order valence-electron chi connectivity index (χ0n) is 39.1. The van der Waals surface area contributed by atoms with Crippen LogP contribution in [0.4, 0.5) is 0 Å². The molecule has 0 aromatic heterocycles. The van der Waals surface area contributed by atoms with Crippen molar-refractivity contribution in [3.63, 3.8) is 0 Å². The number of phosphoric acid groups is 2. The SMILES string of the molecule is CC/C=C\C/C=C\C/C=C\C/C=C\C/C=C\C/C=C\CCC(=O)O[C@H](COC(=O)CCCCCC[C@@H]1[C@@H](/C=C/[C@@H](O)CCCCC)[C@H](O)C[C@@H]1O)COP(=O)(O)OC[C@@H](O)COP(=O)(O)O. The number of allylic oxidation sites excluding steroid dienone is 12. The first kappa shape index (κ1) is 61.2. The largest absolute Gasteiger partial charge is 0.472 e. The highest BCUT2D eigenvalue weighted by atomic mass is 31.2. The van der Waals surface area contributed by atoms with Gasteiger partial charge in [0.25, 0.3) is 0 Å². The Bertz CT molecular complexity index is 1600. The third-order valence-corrected chi connectivity index (χ3v) is 11.8. The summed E-state index contributed by atoms with van der Waals surface area (Å²) in [4.78, 5) is 53.0. The standard InChI is InChI=1S/C48H80O16P2/c1-3-5-7-8-9-10-11-12-13-14-15-16-17-18-19-20-21-22-28-32-48(54)64-42(39-63-66(58,59)62-37-41(50)36-61-65(55,56)57)38-60-47(53)31-27-24-23-26-30-43-44(46(52)35-45(43)51)34-33-40(49)29-25-6-4-2/h5,7,9-10,12-13,15-16,18-19,21-22,33-34,40-46,49-52H,3-4,6,8,11,14,17,20,23-32,35-39H2,1-2H3,(H,58,59)(H2,55,56,57)/b7-5-,10-9-,13-12-,16-15-,19-18-,22-21-,34-33+/t40-,41-,42+,43+,44+,45-,46+/m0/s1. The summed E-state index contributed by atoms with van der Waals surface area (Å²) in [6.07, 6.45) is 36.5. The first-order chi connectivity index (χ1) is 31.6. The molecule has 0 amide bonds. The molecule has 378 valence electrons. The molecule has 1 saturated carbocycles. The van der Waals surface area contributed by atoms with Crippen LogP contribution in [0.15, 0.2) is 85.1 Å². The molecular formula is C48H80O16P2. The summed E-state index contributed by atoms with van der Waals surface area (Å²) < 4.78 is 47.8. The van der Waals surface area contributed by atoms with Gasteiger partial charge < -0.3 is 44.6 Å². The van der Waals surface area contributed by atoms with Crippen molar-refractivity contribution in [3.8, 4) is 0 Å². The summed E-state index contributed by atoms with van der Waals surface area (Å²) in [6, 6.07) is 0. The molecule has 18 heteroatoms. The number of carbonyl (C=O) groups excluding carboxylic acids is 2. The average Bonchev–Trinajstić information content (AvgIpc) is 3.54. The van der Waals surface area contributed by atoms with Crippen molar-refractivity contribution < 1.29 is 76.9 Å². The molecule has 0 spiro atoms. The Morgan fingerprint density at radius 1 is 0.636 bits per heavy atom. The molecule has 0 bridgehead atoms. The van der Waals surface area contributed by atoms with Crippen LogP contribution in [0.5, 0.6) is 0 Å². The molecule has 1 fully saturated rings. The molecule has 0 aromatic rings. The maximum Gasteiger partial charge on any atom is 0.472 e. The Morgan fingerprint density at radius 2 is 1.20 bits per heavy atom. The summed E-state index contributed by atoms with van der Waals surface area (Å²) in [5, 5.41) is 41.2. The summed E-state index contributed by atoms with van der Waals surface area (Å²) >= 11 is 0. The number of hydrogen-bond acceptors (Lipinski definition) is 13. The van der Waals surface area contributed by atoms with E-state index >= 15 is 0 Å². The van der Waals surface area contributed by atoms with Crippen molar-refractivity contribution in [2.24, 2.45) is 11.8 Å². The van der Waals surface area contributed by atoms with E-state index < -0.39 is 84.5 Å². The average molecular weight is 975 g/mol. The number of unbranched alkanes of at least 4 members (excludes halogenated alkanes) is 5. The van der Waals surface area contributed by atoms with E-state index in [1.807, 2.05) is 30.4 Å². The first-order valence-electron chi connectivity index (χ1n) is 23.5. The van der Waals surface area contributed by atoms with Crippen molar-refractivity contribution in [3.05, 3.63) is 85.1 Å². The van der Waals surface area contributed by atoms with E-state index in [9.17, 15) is 44.0 Å². The van der Waals surface area contributed by atoms with Crippen LogP contribution < -0.4 is 0 Å². The van der Waals surface area contributed by atoms with Gasteiger partial charge in [0.05, 0.1) is 38.1 Å². The predicted octanol–water partition coefficient (Wildman–Crippen LogP) is 8.72. The molecule has 8 atom stereocenters. The highest BCUT2D eigenvalue weighted by Gasteiger charge is 2.39. The molecular weight excluding hydrogens is 894 g/mol. The molecule has 7 N–H and O–H groups in total. The Labute approximate surface area is 393 Å². The van der Waals surface area contributed by atoms with Gasteiger partial charge in [-0.1, -0.05) is 137 Å². The van der Waals surface area contributed by atoms with E-state index in [1.54, 1.807) is 6.08 Å². The minimum Gasteiger partial charge on any atom is -0.462 e. The zero-order chi connectivity index (χ0) is 48.9. The van der Waals surface area contributed by atoms with Crippen LogP contribution in [0.2, 0.25) is 0 Å². The van der Waals surface area contributed by atoms with Crippen molar-refractivity contribution in [1.82, 2.24) is 0 Å². The molecule has 0 heterocycles. The smallest absolute Gasteiger partial charge is 0.462 e. The van der Waals surface area contributed by atoms with Gasteiger partial charge in [-0.05, 0) is 70.1 Å². The molecule has 66 heavy (non-hydrogen) atoms. The van der Waals surface area contributed by atoms with Crippen molar-refractivity contribution in [1.29, 1.82) is 0 Å². The molecule has 16 nitrogen and oxygen atoms in total. The Hall–Kier alpha value is -2.82. The van der Waals surface area contributed by atoms with E-state index in [0.717, 1.165) is 64.2 Å². The van der Waals surface area contributed by atoms with Crippen LogP contribution in [0.1, 0.15) is 136 Å². The number of aliphatic hydroxyl groups excluding tert-OH is 4. The van der Waals surface area contributed by atoms with E-state index in [1.165, 1.54) is 0 Å². The van der Waals surface area contributed by atoms with Crippen LogP contribution in [0.25, 0.3) is 0 Å². The lowest BCUT2D eigenvalue weighted by Crippen LogP contribution is -2.29. The monoisotopic (exact) mass is 974 g/mol. The third kappa shape index (κ3) is 34.5. The second-order valence-electron chi connectivity index (χ2n) is 16.3. The normalized spacial score (nSPS) is 20.8. The van der Waals surface area contributed by atoms with Gasteiger partial charge in [0, 0.05) is 25.2 Å². The number of esters is 2. The fraction of sp³-hybridized carbons (Fsp3) is 0.667. The fourth-order valence-corrected chi connectivity index (χ4v) is 7.98. The quantitative estimate of drug-likeness (QED) is 0.0132. The van der Waals surface area contributed by atoms with E-state index in [4.69, 9.17) is 23.8 Å². The summed E-state index contributed by atoms with van der Waals surface area (Å²) in [6.45, 7) is 1.22. The molecule has 0 aromatic carbocycles. The molecule has 0 saturated heterocycles. The molecule has 1 aliphatic rings. The van der Waals surface area contributed by atoms with Crippen LogP contribution in [0.3, 0.4) is 0 Å². The third-order valence-electron chi connectivity index (χ3n) is 10.4. The van der Waals surface area contributed by atoms with Gasteiger partial charge in [0.15, 0.2) is 6.10 Å². The fourth-order valence-electron chi connectivity index (χ4n) is 6.82. The highest BCUT2D eigenvalue weighted by Crippen LogP contribution is 2.44. The topological polar surface area (TPSA) is 256 Å². The Morgan fingerprint density at radius 3 is 1.79 bits per heavy atom. The maximum atomic E-state index is 12.7. The minimum atomic E-state index is -4.90.